The van der Waals surface area contributed by atoms with Crippen LogP contribution in [-0.2, 0) is 0 Å². The second-order valence-electron chi connectivity index (χ2n) is 5.75. The first-order valence-corrected chi connectivity index (χ1v) is 9.86. The summed E-state index contributed by atoms with van der Waals surface area (Å²) >= 11 is 0. The van der Waals surface area contributed by atoms with Crippen molar-refractivity contribution in [2.24, 2.45) is 0 Å². The molecule has 0 spiro atoms. The van der Waals surface area contributed by atoms with Crippen molar-refractivity contribution in [2.45, 2.75) is 36.5 Å². The normalized spacial score (nSPS) is 18.4. The van der Waals surface area contributed by atoms with Crippen LogP contribution in [0.1, 0.15) is 25.3 Å². The lowest BCUT2D eigenvalue weighted by molar-refractivity contribution is 1.01. The quantitative estimate of drug-likeness (QED) is 0.607. The van der Waals surface area contributed by atoms with Crippen LogP contribution in [0, 0.1) is 6.92 Å². The van der Waals surface area contributed by atoms with Crippen molar-refractivity contribution in [3.05, 3.63) is 83.3 Å². The summed E-state index contributed by atoms with van der Waals surface area (Å²) in [6, 6.07) is 20.3. The molecule has 0 N–H and O–H groups in total. The molecule has 0 aromatic heterocycles. The van der Waals surface area contributed by atoms with Crippen molar-refractivity contribution in [3.63, 3.8) is 0 Å². The van der Waals surface area contributed by atoms with Gasteiger partial charge in [-0.2, -0.15) is 10.0 Å². The molecule has 0 aliphatic heterocycles. The summed E-state index contributed by atoms with van der Waals surface area (Å²) in [5, 5.41) is 0. The number of allylic oxidation sites excluding steroid dienone is 4. The van der Waals surface area contributed by atoms with Gasteiger partial charge in [-0.3, -0.25) is 0 Å². The first kappa shape index (κ1) is 15.2. The molecule has 1 atom stereocenters. The molecule has 2 aromatic rings. The maximum Gasteiger partial charge on any atom is -0.00214 e. The average molecular weight is 308 g/mol. The standard InChI is InChI=1S/C21H24S/c1-3-22(19-10-6-4-7-11-19,20-12-8-5-9-13-20)21-16-14-18(2)15-17-21/h4-8,10-12,14-17H,3,9,13H2,1-2H3. The van der Waals surface area contributed by atoms with Crippen LogP contribution in [0.25, 0.3) is 0 Å². The molecule has 3 rings (SSSR count). The van der Waals surface area contributed by atoms with Gasteiger partial charge in [0, 0.05) is 0 Å². The van der Waals surface area contributed by atoms with Crippen LogP contribution in [0.2, 0.25) is 0 Å². The maximum absolute atomic E-state index is 2.37. The monoisotopic (exact) mass is 308 g/mol. The molecular weight excluding hydrogens is 284 g/mol. The molecule has 0 fully saturated rings. The van der Waals surface area contributed by atoms with E-state index in [-0.39, 0.29) is 0 Å². The molecule has 0 radical (unpaired) electrons. The second kappa shape index (κ2) is 6.58. The lowest BCUT2D eigenvalue weighted by Gasteiger charge is -2.43. The van der Waals surface area contributed by atoms with E-state index in [9.17, 15) is 0 Å². The molecule has 2 aromatic carbocycles. The molecule has 1 aliphatic carbocycles. The van der Waals surface area contributed by atoms with E-state index in [4.69, 9.17) is 0 Å². The smallest absolute Gasteiger partial charge is 0.00214 e. The molecule has 1 heteroatoms. The molecule has 114 valence electrons. The summed E-state index contributed by atoms with van der Waals surface area (Å²) in [7, 11) is -1.10. The zero-order valence-corrected chi connectivity index (χ0v) is 14.3. The maximum atomic E-state index is 2.37. The summed E-state index contributed by atoms with van der Waals surface area (Å²) in [5.74, 6) is 1.17. The van der Waals surface area contributed by atoms with Gasteiger partial charge >= 0.3 is 0 Å². The summed E-state index contributed by atoms with van der Waals surface area (Å²) in [6.07, 6.45) is 9.24. The van der Waals surface area contributed by atoms with E-state index in [1.165, 1.54) is 33.9 Å². The predicted octanol–water partition coefficient (Wildman–Crippen LogP) is 6.47. The summed E-state index contributed by atoms with van der Waals surface area (Å²) in [5.41, 5.74) is 1.33. The topological polar surface area (TPSA) is 0 Å². The van der Waals surface area contributed by atoms with E-state index in [1.54, 1.807) is 4.91 Å². The van der Waals surface area contributed by atoms with Crippen LogP contribution in [0.4, 0.5) is 0 Å². The van der Waals surface area contributed by atoms with Crippen molar-refractivity contribution in [1.29, 1.82) is 0 Å². The second-order valence-corrected chi connectivity index (χ2v) is 9.28. The molecular formula is C21H24S. The Bertz CT molecular complexity index is 680. The van der Waals surface area contributed by atoms with E-state index >= 15 is 0 Å². The van der Waals surface area contributed by atoms with Crippen molar-refractivity contribution in [1.82, 2.24) is 0 Å². The molecule has 22 heavy (non-hydrogen) atoms. The van der Waals surface area contributed by atoms with Gasteiger partial charge in [0.15, 0.2) is 0 Å². The Morgan fingerprint density at radius 3 is 2.18 bits per heavy atom. The van der Waals surface area contributed by atoms with E-state index < -0.39 is 10.0 Å². The van der Waals surface area contributed by atoms with E-state index in [0.29, 0.717) is 0 Å². The van der Waals surface area contributed by atoms with E-state index in [0.717, 1.165) is 0 Å². The molecule has 0 saturated heterocycles. The van der Waals surface area contributed by atoms with Gasteiger partial charge in [-0.1, -0.05) is 61.0 Å². The van der Waals surface area contributed by atoms with Crippen LogP contribution in [-0.4, -0.2) is 5.75 Å². The fourth-order valence-corrected chi connectivity index (χ4v) is 7.17. The van der Waals surface area contributed by atoms with Crippen molar-refractivity contribution < 1.29 is 0 Å². The van der Waals surface area contributed by atoms with Crippen molar-refractivity contribution >= 4 is 10.0 Å². The first-order chi connectivity index (χ1) is 10.8. The first-order valence-electron chi connectivity index (χ1n) is 8.06. The Balaban J connectivity index is 2.22. The molecule has 1 aliphatic rings. The lowest BCUT2D eigenvalue weighted by Crippen LogP contribution is -2.09. The summed E-state index contributed by atoms with van der Waals surface area (Å²) in [4.78, 5) is 4.60. The third-order valence-electron chi connectivity index (χ3n) is 4.43. The zero-order chi connectivity index (χ0) is 15.4. The van der Waals surface area contributed by atoms with Crippen molar-refractivity contribution in [2.75, 3.05) is 5.75 Å². The van der Waals surface area contributed by atoms with Gasteiger partial charge in [0.1, 0.15) is 0 Å². The zero-order valence-electron chi connectivity index (χ0n) is 13.5. The number of aryl methyl sites for hydroxylation is 1. The van der Waals surface area contributed by atoms with Gasteiger partial charge in [0.05, 0.1) is 0 Å². The van der Waals surface area contributed by atoms with E-state index in [2.05, 4.69) is 86.7 Å². The number of benzene rings is 2. The Hall–Kier alpha value is -1.73. The van der Waals surface area contributed by atoms with Crippen LogP contribution in [0.15, 0.2) is 87.5 Å². The van der Waals surface area contributed by atoms with Gasteiger partial charge in [0.2, 0.25) is 0 Å². The number of hydrogen-bond donors (Lipinski definition) is 0. The summed E-state index contributed by atoms with van der Waals surface area (Å²) in [6.45, 7) is 4.51. The van der Waals surface area contributed by atoms with Gasteiger partial charge in [0.25, 0.3) is 0 Å². The highest BCUT2D eigenvalue weighted by Gasteiger charge is 2.30. The molecule has 0 heterocycles. The minimum Gasteiger partial charge on any atom is -0.164 e. The highest BCUT2D eigenvalue weighted by molar-refractivity contribution is 8.36. The fraction of sp³-hybridized carbons (Fsp3) is 0.238. The van der Waals surface area contributed by atoms with Crippen LogP contribution in [0.3, 0.4) is 0 Å². The third-order valence-corrected chi connectivity index (χ3v) is 8.68. The highest BCUT2D eigenvalue weighted by atomic mass is 32.3. The van der Waals surface area contributed by atoms with Gasteiger partial charge in [-0.15, -0.1) is 0 Å². The Morgan fingerprint density at radius 1 is 0.909 bits per heavy atom. The molecule has 0 amide bonds. The van der Waals surface area contributed by atoms with Crippen LogP contribution >= 0.6 is 10.0 Å². The van der Waals surface area contributed by atoms with Gasteiger partial charge < -0.3 is 0 Å². The average Bonchev–Trinajstić information content (AvgIpc) is 2.59. The molecule has 0 nitrogen and oxygen atoms in total. The lowest BCUT2D eigenvalue weighted by atomic mass is 10.2. The van der Waals surface area contributed by atoms with Crippen LogP contribution in [0.5, 0.6) is 0 Å². The predicted molar refractivity (Wildman–Crippen MR) is 98.7 cm³/mol. The largest absolute Gasteiger partial charge is 0.164 e. The molecule has 0 saturated carbocycles. The van der Waals surface area contributed by atoms with Crippen molar-refractivity contribution in [3.8, 4) is 0 Å². The minimum absolute atomic E-state index is 1.10. The van der Waals surface area contributed by atoms with E-state index in [1.807, 2.05) is 0 Å². The highest BCUT2D eigenvalue weighted by Crippen LogP contribution is 2.69. The number of rotatable bonds is 4. The SMILES string of the molecule is CCS(C1=CC=CCC1)(c1ccccc1)c1ccc(C)cc1. The molecule has 1 unspecified atom stereocenters. The van der Waals surface area contributed by atoms with Crippen LogP contribution < -0.4 is 0 Å². The number of hydrogen-bond acceptors (Lipinski definition) is 0. The summed E-state index contributed by atoms with van der Waals surface area (Å²) < 4.78 is 0. The third kappa shape index (κ3) is 2.66. The Kier molecular flexibility index (Phi) is 4.54. The van der Waals surface area contributed by atoms with Gasteiger partial charge in [-0.25, -0.2) is 0 Å². The Labute approximate surface area is 135 Å². The van der Waals surface area contributed by atoms with Gasteiger partial charge in [-0.05, 0) is 64.5 Å². The Morgan fingerprint density at radius 2 is 1.59 bits per heavy atom. The molecule has 0 bridgehead atoms. The fourth-order valence-electron chi connectivity index (χ4n) is 3.25. The minimum atomic E-state index is -1.10.